The van der Waals surface area contributed by atoms with Crippen molar-refractivity contribution < 1.29 is 17.9 Å². The van der Waals surface area contributed by atoms with Crippen LogP contribution in [0.1, 0.15) is 12.6 Å². The molecule has 2 aromatic carbocycles. The molecular weight excluding hydrogens is 350 g/mol. The van der Waals surface area contributed by atoms with Crippen molar-refractivity contribution in [2.75, 3.05) is 6.26 Å². The van der Waals surface area contributed by atoms with E-state index in [2.05, 4.69) is 0 Å². The Morgan fingerprint density at radius 2 is 1.62 bits per heavy atom. The third kappa shape index (κ3) is 3.55. The van der Waals surface area contributed by atoms with E-state index in [1.54, 1.807) is 30.3 Å². The minimum absolute atomic E-state index is 0.260. The van der Waals surface area contributed by atoms with Crippen molar-refractivity contribution in [3.63, 3.8) is 0 Å². The van der Waals surface area contributed by atoms with Gasteiger partial charge in [-0.3, -0.25) is 4.79 Å². The molecule has 0 saturated heterocycles. The second-order valence-electron chi connectivity index (χ2n) is 6.04. The number of hydrogen-bond donors (Lipinski definition) is 0. The van der Waals surface area contributed by atoms with E-state index >= 15 is 0 Å². The number of hydrogen-bond acceptors (Lipinski definition) is 4. The van der Waals surface area contributed by atoms with Crippen LogP contribution in [-0.4, -0.2) is 25.2 Å². The zero-order valence-electron chi connectivity index (χ0n) is 14.8. The van der Waals surface area contributed by atoms with Crippen LogP contribution in [0.4, 0.5) is 0 Å². The van der Waals surface area contributed by atoms with E-state index < -0.39 is 15.8 Å². The third-order valence-electron chi connectivity index (χ3n) is 4.05. The molecule has 6 heteroatoms. The van der Waals surface area contributed by atoms with Gasteiger partial charge in [0.25, 0.3) is 0 Å². The number of sulfone groups is 1. The SMILES string of the molecule is CC(=O)Oc1cc(-c2ccc(S(C)(=O)=O)cc2)n(-c2ccccc2)c1C. The molecule has 26 heavy (non-hydrogen) atoms. The van der Waals surface area contributed by atoms with Crippen LogP contribution in [0.25, 0.3) is 16.9 Å². The minimum atomic E-state index is -3.26. The van der Waals surface area contributed by atoms with E-state index in [-0.39, 0.29) is 4.90 Å². The van der Waals surface area contributed by atoms with Gasteiger partial charge >= 0.3 is 5.97 Å². The Labute approximate surface area is 152 Å². The maximum Gasteiger partial charge on any atom is 0.308 e. The molecule has 0 unspecified atom stereocenters. The molecule has 3 aromatic rings. The van der Waals surface area contributed by atoms with Crippen LogP contribution in [0.3, 0.4) is 0 Å². The Bertz CT molecular complexity index is 1050. The molecule has 3 rings (SSSR count). The number of carbonyl (C=O) groups excluding carboxylic acids is 1. The molecule has 0 bridgehead atoms. The lowest BCUT2D eigenvalue weighted by Gasteiger charge is -2.12. The van der Waals surface area contributed by atoms with Crippen molar-refractivity contribution in [2.45, 2.75) is 18.7 Å². The summed E-state index contributed by atoms with van der Waals surface area (Å²) in [6, 6.07) is 18.1. The van der Waals surface area contributed by atoms with Crippen molar-refractivity contribution in [2.24, 2.45) is 0 Å². The molecule has 1 aromatic heterocycles. The summed E-state index contributed by atoms with van der Waals surface area (Å²) in [7, 11) is -3.26. The molecule has 0 aliphatic rings. The van der Waals surface area contributed by atoms with Crippen molar-refractivity contribution in [1.29, 1.82) is 0 Å². The van der Waals surface area contributed by atoms with E-state index in [0.717, 1.165) is 22.6 Å². The summed E-state index contributed by atoms with van der Waals surface area (Å²) < 4.78 is 30.7. The van der Waals surface area contributed by atoms with Crippen LogP contribution in [0.15, 0.2) is 65.6 Å². The Balaban J connectivity index is 2.18. The summed E-state index contributed by atoms with van der Waals surface area (Å²) in [5, 5.41) is 0. The highest BCUT2D eigenvalue weighted by atomic mass is 32.2. The Hall–Kier alpha value is -2.86. The minimum Gasteiger partial charge on any atom is -0.425 e. The van der Waals surface area contributed by atoms with Gasteiger partial charge in [-0.25, -0.2) is 8.42 Å². The molecule has 0 saturated carbocycles. The predicted octanol–water partition coefficient (Wildman–Crippen LogP) is 3.78. The highest BCUT2D eigenvalue weighted by Gasteiger charge is 2.17. The largest absolute Gasteiger partial charge is 0.425 e. The summed E-state index contributed by atoms with van der Waals surface area (Å²) in [6.45, 7) is 3.24. The number of benzene rings is 2. The van der Waals surface area contributed by atoms with Gasteiger partial charge in [-0.2, -0.15) is 0 Å². The Kier molecular flexibility index (Phi) is 4.70. The number of para-hydroxylation sites is 1. The van der Waals surface area contributed by atoms with Crippen LogP contribution in [0, 0.1) is 6.92 Å². The number of carbonyl (C=O) groups is 1. The van der Waals surface area contributed by atoms with Gasteiger partial charge < -0.3 is 9.30 Å². The van der Waals surface area contributed by atoms with E-state index in [4.69, 9.17) is 4.74 Å². The first-order valence-corrected chi connectivity index (χ1v) is 9.93. The van der Waals surface area contributed by atoms with Gasteiger partial charge in [0, 0.05) is 24.9 Å². The summed E-state index contributed by atoms with van der Waals surface area (Å²) in [6.07, 6.45) is 1.18. The topological polar surface area (TPSA) is 65.4 Å². The second kappa shape index (κ2) is 6.80. The van der Waals surface area contributed by atoms with E-state index in [0.29, 0.717) is 5.75 Å². The maximum absolute atomic E-state index is 11.7. The van der Waals surface area contributed by atoms with E-state index in [1.807, 2.05) is 41.8 Å². The number of ether oxygens (including phenoxy) is 1. The molecular formula is C20H19NO4S. The zero-order chi connectivity index (χ0) is 18.9. The zero-order valence-corrected chi connectivity index (χ0v) is 15.6. The molecule has 0 atom stereocenters. The lowest BCUT2D eigenvalue weighted by Crippen LogP contribution is -2.03. The van der Waals surface area contributed by atoms with Crippen LogP contribution in [0.2, 0.25) is 0 Å². The summed E-state index contributed by atoms with van der Waals surface area (Å²) in [5.74, 6) is 0.0841. The van der Waals surface area contributed by atoms with Gasteiger partial charge in [-0.05, 0) is 36.8 Å². The average Bonchev–Trinajstić information content (AvgIpc) is 2.91. The fraction of sp³-hybridized carbons (Fsp3) is 0.150. The van der Waals surface area contributed by atoms with Gasteiger partial charge in [0.15, 0.2) is 15.6 Å². The lowest BCUT2D eigenvalue weighted by molar-refractivity contribution is -0.131. The maximum atomic E-state index is 11.7. The number of esters is 1. The van der Waals surface area contributed by atoms with Gasteiger partial charge in [0.05, 0.1) is 16.3 Å². The van der Waals surface area contributed by atoms with Crippen LogP contribution < -0.4 is 4.74 Å². The standard InChI is InChI=1S/C20H19NO4S/c1-14-20(25-15(2)22)13-19(21(14)17-7-5-4-6-8-17)16-9-11-18(12-10-16)26(3,23)24/h4-13H,1-3H3. The van der Waals surface area contributed by atoms with E-state index in [1.165, 1.54) is 13.2 Å². The lowest BCUT2D eigenvalue weighted by atomic mass is 10.1. The average molecular weight is 369 g/mol. The molecule has 1 heterocycles. The van der Waals surface area contributed by atoms with Crippen molar-refractivity contribution in [1.82, 2.24) is 4.57 Å². The Morgan fingerprint density at radius 1 is 1.00 bits per heavy atom. The van der Waals surface area contributed by atoms with Gasteiger partial charge in [-0.1, -0.05) is 30.3 Å². The molecule has 5 nitrogen and oxygen atoms in total. The first-order chi connectivity index (χ1) is 12.3. The molecule has 0 N–H and O–H groups in total. The summed E-state index contributed by atoms with van der Waals surface area (Å²) >= 11 is 0. The normalized spacial score (nSPS) is 11.3. The molecule has 0 fully saturated rings. The highest BCUT2D eigenvalue weighted by molar-refractivity contribution is 7.90. The first-order valence-electron chi connectivity index (χ1n) is 8.04. The van der Waals surface area contributed by atoms with Crippen LogP contribution >= 0.6 is 0 Å². The number of aromatic nitrogens is 1. The number of rotatable bonds is 4. The second-order valence-corrected chi connectivity index (χ2v) is 8.06. The molecule has 0 spiro atoms. The molecule has 0 aliphatic carbocycles. The first kappa shape index (κ1) is 17.9. The Morgan fingerprint density at radius 3 is 2.15 bits per heavy atom. The van der Waals surface area contributed by atoms with Gasteiger partial charge in [-0.15, -0.1) is 0 Å². The fourth-order valence-corrected chi connectivity index (χ4v) is 3.47. The third-order valence-corrected chi connectivity index (χ3v) is 5.18. The van der Waals surface area contributed by atoms with Crippen molar-refractivity contribution in [3.05, 3.63) is 66.4 Å². The summed E-state index contributed by atoms with van der Waals surface area (Å²) in [4.78, 5) is 11.7. The monoisotopic (exact) mass is 369 g/mol. The highest BCUT2D eigenvalue weighted by Crippen LogP contribution is 2.34. The summed E-state index contributed by atoms with van der Waals surface area (Å²) in [5.41, 5.74) is 3.34. The molecule has 0 amide bonds. The van der Waals surface area contributed by atoms with Crippen LogP contribution in [-0.2, 0) is 14.6 Å². The predicted molar refractivity (Wildman–Crippen MR) is 100 cm³/mol. The van der Waals surface area contributed by atoms with Crippen molar-refractivity contribution in [3.8, 4) is 22.7 Å². The fourth-order valence-electron chi connectivity index (χ4n) is 2.84. The van der Waals surface area contributed by atoms with Crippen molar-refractivity contribution >= 4 is 15.8 Å². The number of nitrogens with zero attached hydrogens (tertiary/aromatic N) is 1. The van der Waals surface area contributed by atoms with Crippen LogP contribution in [0.5, 0.6) is 5.75 Å². The molecule has 134 valence electrons. The smallest absolute Gasteiger partial charge is 0.308 e. The molecule has 0 radical (unpaired) electrons. The van der Waals surface area contributed by atoms with E-state index in [9.17, 15) is 13.2 Å². The van der Waals surface area contributed by atoms with Gasteiger partial charge in [0.1, 0.15) is 0 Å². The quantitative estimate of drug-likeness (QED) is 0.657. The molecule has 0 aliphatic heterocycles. The van der Waals surface area contributed by atoms with Gasteiger partial charge in [0.2, 0.25) is 0 Å².